The van der Waals surface area contributed by atoms with Crippen LogP contribution in [0.5, 0.6) is 0 Å². The monoisotopic (exact) mass is 355 g/mol. The van der Waals surface area contributed by atoms with Crippen molar-refractivity contribution in [3.8, 4) is 0 Å². The Morgan fingerprint density at radius 3 is 2.08 bits per heavy atom. The van der Waals surface area contributed by atoms with Gasteiger partial charge in [-0.2, -0.15) is 0 Å². The molecule has 0 rings (SSSR count). The molecule has 0 saturated heterocycles. The Kier molecular flexibility index (Phi) is 13.9. The number of carbonyl (C=O) groups is 2. The SMILES string of the molecule is C=C(C)C(=O)OCC(OC(=O)NCCCCCCCCCC)C(C)C. The van der Waals surface area contributed by atoms with Gasteiger partial charge in [-0.05, 0) is 19.3 Å². The van der Waals surface area contributed by atoms with Crippen LogP contribution >= 0.6 is 0 Å². The normalized spacial score (nSPS) is 11.9. The van der Waals surface area contributed by atoms with Crippen molar-refractivity contribution in [2.24, 2.45) is 5.92 Å². The molecule has 0 aromatic rings. The topological polar surface area (TPSA) is 64.6 Å². The van der Waals surface area contributed by atoms with E-state index in [1.54, 1.807) is 6.92 Å². The standard InChI is InChI=1S/C20H37NO4/c1-6-7-8-9-10-11-12-13-14-21-20(23)25-18(16(2)3)15-24-19(22)17(4)5/h16,18H,4,6-15H2,1-3,5H3,(H,21,23). The third-order valence-electron chi connectivity index (χ3n) is 4.03. The predicted molar refractivity (Wildman–Crippen MR) is 101 cm³/mol. The van der Waals surface area contributed by atoms with Gasteiger partial charge in [-0.15, -0.1) is 0 Å². The maximum atomic E-state index is 11.9. The van der Waals surface area contributed by atoms with Gasteiger partial charge in [0, 0.05) is 12.1 Å². The zero-order valence-electron chi connectivity index (χ0n) is 16.6. The highest BCUT2D eigenvalue weighted by atomic mass is 16.6. The maximum Gasteiger partial charge on any atom is 0.407 e. The summed E-state index contributed by atoms with van der Waals surface area (Å²) in [5.41, 5.74) is 0.335. The average molecular weight is 356 g/mol. The van der Waals surface area contributed by atoms with Gasteiger partial charge in [-0.1, -0.05) is 72.3 Å². The molecule has 1 atom stereocenters. The van der Waals surface area contributed by atoms with Gasteiger partial charge in [0.1, 0.15) is 12.7 Å². The maximum absolute atomic E-state index is 11.9. The number of carbonyl (C=O) groups excluding carboxylic acids is 2. The van der Waals surface area contributed by atoms with Crippen LogP contribution in [0.4, 0.5) is 4.79 Å². The molecule has 1 unspecified atom stereocenters. The molecule has 146 valence electrons. The fourth-order valence-electron chi connectivity index (χ4n) is 2.27. The molecule has 5 heteroatoms. The van der Waals surface area contributed by atoms with E-state index >= 15 is 0 Å². The van der Waals surface area contributed by atoms with Gasteiger partial charge >= 0.3 is 12.1 Å². The lowest BCUT2D eigenvalue weighted by molar-refractivity contribution is -0.142. The fraction of sp³-hybridized carbons (Fsp3) is 0.800. The minimum Gasteiger partial charge on any atom is -0.458 e. The number of amides is 1. The van der Waals surface area contributed by atoms with Crippen molar-refractivity contribution >= 4 is 12.1 Å². The van der Waals surface area contributed by atoms with E-state index in [0.717, 1.165) is 12.8 Å². The van der Waals surface area contributed by atoms with Crippen molar-refractivity contribution in [2.75, 3.05) is 13.2 Å². The second kappa shape index (κ2) is 14.8. The summed E-state index contributed by atoms with van der Waals surface area (Å²) in [6.45, 7) is 11.8. The minimum atomic E-state index is -0.464. The van der Waals surface area contributed by atoms with E-state index in [0.29, 0.717) is 12.1 Å². The van der Waals surface area contributed by atoms with Crippen LogP contribution in [-0.2, 0) is 14.3 Å². The highest BCUT2D eigenvalue weighted by Gasteiger charge is 2.20. The van der Waals surface area contributed by atoms with Crippen LogP contribution in [0.1, 0.15) is 79.1 Å². The van der Waals surface area contributed by atoms with Crippen LogP contribution in [0.3, 0.4) is 0 Å². The Balaban J connectivity index is 3.82. The summed E-state index contributed by atoms with van der Waals surface area (Å²) in [4.78, 5) is 23.3. The molecule has 0 spiro atoms. The van der Waals surface area contributed by atoms with Crippen LogP contribution in [0, 0.1) is 5.92 Å². The number of alkyl carbamates (subject to hydrolysis) is 1. The summed E-state index contributed by atoms with van der Waals surface area (Å²) in [5.74, 6) is -0.402. The lowest BCUT2D eigenvalue weighted by Crippen LogP contribution is -2.35. The third kappa shape index (κ3) is 13.4. The van der Waals surface area contributed by atoms with Crippen LogP contribution in [0.15, 0.2) is 12.2 Å². The van der Waals surface area contributed by atoms with Crippen molar-refractivity contribution in [1.29, 1.82) is 0 Å². The number of rotatable bonds is 14. The summed E-state index contributed by atoms with van der Waals surface area (Å²) in [7, 11) is 0. The Labute approximate surface area is 153 Å². The minimum absolute atomic E-state index is 0.0501. The Bertz CT molecular complexity index is 393. The van der Waals surface area contributed by atoms with Gasteiger partial charge in [0.25, 0.3) is 0 Å². The van der Waals surface area contributed by atoms with E-state index in [4.69, 9.17) is 9.47 Å². The van der Waals surface area contributed by atoms with Gasteiger partial charge in [0.2, 0.25) is 0 Å². The van der Waals surface area contributed by atoms with Gasteiger partial charge < -0.3 is 14.8 Å². The first kappa shape index (κ1) is 23.5. The quantitative estimate of drug-likeness (QED) is 0.271. The van der Waals surface area contributed by atoms with Crippen molar-refractivity contribution in [1.82, 2.24) is 5.32 Å². The highest BCUT2D eigenvalue weighted by molar-refractivity contribution is 5.86. The number of ether oxygens (including phenoxy) is 2. The number of nitrogens with one attached hydrogen (secondary N) is 1. The van der Waals surface area contributed by atoms with E-state index in [1.807, 2.05) is 13.8 Å². The van der Waals surface area contributed by atoms with Gasteiger partial charge in [0.15, 0.2) is 0 Å². The number of esters is 1. The van der Waals surface area contributed by atoms with Crippen molar-refractivity contribution in [2.45, 2.75) is 85.2 Å². The first-order valence-corrected chi connectivity index (χ1v) is 9.65. The molecule has 0 aliphatic heterocycles. The van der Waals surface area contributed by atoms with Gasteiger partial charge in [-0.3, -0.25) is 0 Å². The smallest absolute Gasteiger partial charge is 0.407 e. The van der Waals surface area contributed by atoms with Crippen molar-refractivity contribution in [3.05, 3.63) is 12.2 Å². The molecular formula is C20H37NO4. The number of unbranched alkanes of at least 4 members (excludes halogenated alkanes) is 7. The molecule has 0 fully saturated rings. The molecule has 0 aromatic heterocycles. The zero-order valence-corrected chi connectivity index (χ0v) is 16.6. The second-order valence-electron chi connectivity index (χ2n) is 6.97. The van der Waals surface area contributed by atoms with E-state index in [1.165, 1.54) is 38.5 Å². The molecule has 5 nitrogen and oxygen atoms in total. The van der Waals surface area contributed by atoms with Gasteiger partial charge in [0.05, 0.1) is 0 Å². The molecule has 25 heavy (non-hydrogen) atoms. The molecule has 0 radical (unpaired) electrons. The van der Waals surface area contributed by atoms with Crippen LogP contribution in [0.25, 0.3) is 0 Å². The predicted octanol–water partition coefficient (Wildman–Crippen LogP) is 5.00. The van der Waals surface area contributed by atoms with Gasteiger partial charge in [-0.25, -0.2) is 9.59 Å². The number of hydrogen-bond donors (Lipinski definition) is 1. The average Bonchev–Trinajstić information content (AvgIpc) is 2.56. The molecule has 0 saturated carbocycles. The second-order valence-corrected chi connectivity index (χ2v) is 6.97. The molecule has 0 heterocycles. The molecule has 1 amide bonds. The van der Waals surface area contributed by atoms with E-state index in [-0.39, 0.29) is 12.5 Å². The van der Waals surface area contributed by atoms with Crippen LogP contribution in [-0.4, -0.2) is 31.3 Å². The highest BCUT2D eigenvalue weighted by Crippen LogP contribution is 2.10. The number of hydrogen-bond acceptors (Lipinski definition) is 4. The molecule has 0 aliphatic carbocycles. The zero-order chi connectivity index (χ0) is 19.1. The summed E-state index contributed by atoms with van der Waals surface area (Å²) < 4.78 is 10.4. The van der Waals surface area contributed by atoms with Crippen molar-refractivity contribution in [3.63, 3.8) is 0 Å². The molecule has 0 aliphatic rings. The molecular weight excluding hydrogens is 318 g/mol. The summed E-state index contributed by atoms with van der Waals surface area (Å²) >= 11 is 0. The van der Waals surface area contributed by atoms with Crippen LogP contribution in [0.2, 0.25) is 0 Å². The largest absolute Gasteiger partial charge is 0.458 e. The fourth-order valence-corrected chi connectivity index (χ4v) is 2.27. The molecule has 1 N–H and O–H groups in total. The first-order valence-electron chi connectivity index (χ1n) is 9.65. The van der Waals surface area contributed by atoms with E-state index in [9.17, 15) is 9.59 Å². The molecule has 0 bridgehead atoms. The molecule has 0 aromatic carbocycles. The lowest BCUT2D eigenvalue weighted by atomic mass is 10.1. The summed E-state index contributed by atoms with van der Waals surface area (Å²) in [6.07, 6.45) is 8.89. The Morgan fingerprint density at radius 2 is 1.56 bits per heavy atom. The Morgan fingerprint density at radius 1 is 1.00 bits per heavy atom. The van der Waals surface area contributed by atoms with Crippen LogP contribution < -0.4 is 5.32 Å². The first-order chi connectivity index (χ1) is 11.9. The lowest BCUT2D eigenvalue weighted by Gasteiger charge is -2.21. The Hall–Kier alpha value is -1.52. The van der Waals surface area contributed by atoms with Crippen molar-refractivity contribution < 1.29 is 19.1 Å². The summed E-state index contributed by atoms with van der Waals surface area (Å²) in [5, 5.41) is 2.77. The van der Waals surface area contributed by atoms with E-state index in [2.05, 4.69) is 18.8 Å². The summed E-state index contributed by atoms with van der Waals surface area (Å²) in [6, 6.07) is 0. The van der Waals surface area contributed by atoms with E-state index < -0.39 is 18.2 Å². The third-order valence-corrected chi connectivity index (χ3v) is 4.03.